The minimum absolute atomic E-state index is 0.168. The number of nitrogens with one attached hydrogen (secondary N) is 1. The Morgan fingerprint density at radius 2 is 2.42 bits per heavy atom. The summed E-state index contributed by atoms with van der Waals surface area (Å²) in [7, 11) is 0. The highest BCUT2D eigenvalue weighted by Crippen LogP contribution is 2.23. The van der Waals surface area contributed by atoms with Crippen LogP contribution >= 0.6 is 0 Å². The number of carboxylic acids is 1. The standard InChI is InChI=1S/C12H18N4O3/c1-7(2-3-13)11(17)16-5-9-8(14-6-15-9)4-10(16)12(18)19/h6-7,10H,2-5,13H2,1H3,(H,14,15)(H,18,19). The van der Waals surface area contributed by atoms with E-state index >= 15 is 0 Å². The van der Waals surface area contributed by atoms with Crippen LogP contribution in [-0.2, 0) is 22.6 Å². The monoisotopic (exact) mass is 266 g/mol. The fourth-order valence-electron chi connectivity index (χ4n) is 2.34. The maximum Gasteiger partial charge on any atom is 0.326 e. The quantitative estimate of drug-likeness (QED) is 0.694. The summed E-state index contributed by atoms with van der Waals surface area (Å²) in [4.78, 5) is 32.1. The smallest absolute Gasteiger partial charge is 0.326 e. The van der Waals surface area contributed by atoms with Crippen molar-refractivity contribution in [3.8, 4) is 0 Å². The van der Waals surface area contributed by atoms with Crippen LogP contribution in [0.25, 0.3) is 0 Å². The molecule has 7 nitrogen and oxygen atoms in total. The molecule has 2 rings (SSSR count). The Morgan fingerprint density at radius 3 is 3.05 bits per heavy atom. The van der Waals surface area contributed by atoms with Gasteiger partial charge in [-0.05, 0) is 13.0 Å². The van der Waals surface area contributed by atoms with E-state index in [1.54, 1.807) is 6.92 Å². The highest BCUT2D eigenvalue weighted by molar-refractivity contribution is 5.85. The van der Waals surface area contributed by atoms with E-state index in [2.05, 4.69) is 9.97 Å². The average molecular weight is 266 g/mol. The van der Waals surface area contributed by atoms with Crippen LogP contribution in [0.3, 0.4) is 0 Å². The lowest BCUT2D eigenvalue weighted by Crippen LogP contribution is -2.50. The van der Waals surface area contributed by atoms with Gasteiger partial charge in [0.15, 0.2) is 0 Å². The number of hydrogen-bond donors (Lipinski definition) is 3. The summed E-state index contributed by atoms with van der Waals surface area (Å²) in [5, 5.41) is 9.28. The Balaban J connectivity index is 2.22. The summed E-state index contributed by atoms with van der Waals surface area (Å²) >= 11 is 0. The number of aromatic amines is 1. The molecule has 0 aromatic carbocycles. The Morgan fingerprint density at radius 1 is 1.68 bits per heavy atom. The molecule has 2 heterocycles. The van der Waals surface area contributed by atoms with Crippen molar-refractivity contribution >= 4 is 11.9 Å². The summed E-state index contributed by atoms with van der Waals surface area (Å²) < 4.78 is 0. The fraction of sp³-hybridized carbons (Fsp3) is 0.583. The van der Waals surface area contributed by atoms with E-state index in [1.807, 2.05) is 0 Å². The first-order chi connectivity index (χ1) is 9.04. The van der Waals surface area contributed by atoms with Crippen LogP contribution in [0, 0.1) is 5.92 Å². The van der Waals surface area contributed by atoms with Gasteiger partial charge in [0.05, 0.1) is 24.3 Å². The Bertz CT molecular complexity index is 485. The second-order valence-corrected chi connectivity index (χ2v) is 4.83. The largest absolute Gasteiger partial charge is 0.480 e. The molecule has 0 fully saturated rings. The normalized spacial score (nSPS) is 19.9. The molecular weight excluding hydrogens is 248 g/mol. The van der Waals surface area contributed by atoms with Crippen LogP contribution in [0.2, 0.25) is 0 Å². The molecule has 1 aromatic rings. The molecule has 7 heteroatoms. The molecule has 0 aliphatic carbocycles. The number of rotatable bonds is 4. The highest BCUT2D eigenvalue weighted by atomic mass is 16.4. The number of aromatic nitrogens is 2. The van der Waals surface area contributed by atoms with E-state index < -0.39 is 12.0 Å². The molecule has 2 unspecified atom stereocenters. The molecule has 19 heavy (non-hydrogen) atoms. The van der Waals surface area contributed by atoms with Crippen LogP contribution in [0.1, 0.15) is 24.7 Å². The first-order valence-electron chi connectivity index (χ1n) is 6.29. The Hall–Kier alpha value is -1.89. The lowest BCUT2D eigenvalue weighted by Gasteiger charge is -2.34. The zero-order valence-electron chi connectivity index (χ0n) is 10.8. The number of aliphatic carboxylic acids is 1. The number of imidazole rings is 1. The molecule has 0 saturated carbocycles. The number of hydrogen-bond acceptors (Lipinski definition) is 4. The van der Waals surface area contributed by atoms with Crippen LogP contribution < -0.4 is 5.73 Å². The van der Waals surface area contributed by atoms with Crippen molar-refractivity contribution < 1.29 is 14.7 Å². The number of nitrogens with zero attached hydrogens (tertiary/aromatic N) is 2. The minimum Gasteiger partial charge on any atom is -0.480 e. The number of carbonyl (C=O) groups excluding carboxylic acids is 1. The minimum atomic E-state index is -0.998. The lowest BCUT2D eigenvalue weighted by atomic mass is 9.99. The third kappa shape index (κ3) is 2.60. The van der Waals surface area contributed by atoms with Gasteiger partial charge in [-0.3, -0.25) is 4.79 Å². The summed E-state index contributed by atoms with van der Waals surface area (Å²) in [5.41, 5.74) is 6.98. The van der Waals surface area contributed by atoms with Gasteiger partial charge in [-0.15, -0.1) is 0 Å². The van der Waals surface area contributed by atoms with Gasteiger partial charge in [0.2, 0.25) is 5.91 Å². The van der Waals surface area contributed by atoms with Gasteiger partial charge in [-0.2, -0.15) is 0 Å². The van der Waals surface area contributed by atoms with Gasteiger partial charge in [0.25, 0.3) is 0 Å². The highest BCUT2D eigenvalue weighted by Gasteiger charge is 2.37. The van der Waals surface area contributed by atoms with E-state index in [-0.39, 0.29) is 24.8 Å². The first-order valence-corrected chi connectivity index (χ1v) is 6.29. The maximum absolute atomic E-state index is 12.3. The predicted octanol–water partition coefficient (Wildman–Crippen LogP) is -0.267. The maximum atomic E-state index is 12.3. The van der Waals surface area contributed by atoms with Gasteiger partial charge in [0, 0.05) is 12.3 Å². The van der Waals surface area contributed by atoms with Gasteiger partial charge in [0.1, 0.15) is 6.04 Å². The van der Waals surface area contributed by atoms with Crippen molar-refractivity contribution in [3.05, 3.63) is 17.7 Å². The van der Waals surface area contributed by atoms with Crippen molar-refractivity contribution in [1.29, 1.82) is 0 Å². The zero-order valence-corrected chi connectivity index (χ0v) is 10.8. The lowest BCUT2D eigenvalue weighted by molar-refractivity contribution is -0.153. The topological polar surface area (TPSA) is 112 Å². The summed E-state index contributed by atoms with van der Waals surface area (Å²) in [5.74, 6) is -1.43. The number of H-pyrrole nitrogens is 1. The molecule has 1 amide bonds. The van der Waals surface area contributed by atoms with Gasteiger partial charge < -0.3 is 20.7 Å². The molecule has 0 radical (unpaired) electrons. The molecule has 1 aromatic heterocycles. The van der Waals surface area contributed by atoms with Gasteiger partial charge in [-0.1, -0.05) is 6.92 Å². The molecule has 2 atom stereocenters. The summed E-state index contributed by atoms with van der Waals surface area (Å²) in [6.45, 7) is 2.45. The SMILES string of the molecule is CC(CCN)C(=O)N1Cc2[nH]cnc2CC1C(=O)O. The predicted molar refractivity (Wildman–Crippen MR) is 67.1 cm³/mol. The summed E-state index contributed by atoms with van der Waals surface area (Å²) in [6, 6.07) is -0.844. The Labute approximate surface area is 110 Å². The number of amides is 1. The number of fused-ring (bicyclic) bond motifs is 1. The third-order valence-corrected chi connectivity index (χ3v) is 3.49. The van der Waals surface area contributed by atoms with Crippen LogP contribution in [-0.4, -0.2) is 44.4 Å². The second-order valence-electron chi connectivity index (χ2n) is 4.83. The van der Waals surface area contributed by atoms with Crippen molar-refractivity contribution in [2.45, 2.75) is 32.4 Å². The summed E-state index contributed by atoms with van der Waals surface area (Å²) in [6.07, 6.45) is 2.33. The van der Waals surface area contributed by atoms with Crippen molar-refractivity contribution in [3.63, 3.8) is 0 Å². The van der Waals surface area contributed by atoms with Crippen molar-refractivity contribution in [2.75, 3.05) is 6.54 Å². The zero-order chi connectivity index (χ0) is 14.0. The van der Waals surface area contributed by atoms with Gasteiger partial charge in [-0.25, -0.2) is 9.78 Å². The average Bonchev–Trinajstić information content (AvgIpc) is 2.83. The van der Waals surface area contributed by atoms with E-state index in [4.69, 9.17) is 5.73 Å². The second kappa shape index (κ2) is 5.40. The van der Waals surface area contributed by atoms with Crippen LogP contribution in [0.4, 0.5) is 0 Å². The van der Waals surface area contributed by atoms with E-state index in [9.17, 15) is 14.7 Å². The van der Waals surface area contributed by atoms with Crippen LogP contribution in [0.15, 0.2) is 6.33 Å². The molecule has 4 N–H and O–H groups in total. The molecule has 0 saturated heterocycles. The molecule has 0 bridgehead atoms. The molecule has 0 spiro atoms. The third-order valence-electron chi connectivity index (χ3n) is 3.49. The molecule has 1 aliphatic rings. The van der Waals surface area contributed by atoms with E-state index in [1.165, 1.54) is 11.2 Å². The fourth-order valence-corrected chi connectivity index (χ4v) is 2.34. The molecule has 104 valence electrons. The first kappa shape index (κ1) is 13.5. The van der Waals surface area contributed by atoms with E-state index in [0.717, 1.165) is 11.4 Å². The number of carbonyl (C=O) groups is 2. The van der Waals surface area contributed by atoms with Crippen molar-refractivity contribution in [2.24, 2.45) is 11.7 Å². The van der Waals surface area contributed by atoms with Crippen molar-refractivity contribution in [1.82, 2.24) is 14.9 Å². The number of carboxylic acid groups (broad SMARTS) is 1. The number of nitrogens with two attached hydrogens (primary N) is 1. The van der Waals surface area contributed by atoms with Crippen LogP contribution in [0.5, 0.6) is 0 Å². The molecular formula is C12H18N4O3. The van der Waals surface area contributed by atoms with Gasteiger partial charge >= 0.3 is 5.97 Å². The van der Waals surface area contributed by atoms with E-state index in [0.29, 0.717) is 13.0 Å². The Kier molecular flexibility index (Phi) is 3.84. The molecule has 1 aliphatic heterocycles.